The van der Waals surface area contributed by atoms with Gasteiger partial charge in [-0.1, -0.05) is 18.2 Å². The van der Waals surface area contributed by atoms with Crippen LogP contribution >= 0.6 is 0 Å². The first-order valence-electron chi connectivity index (χ1n) is 4.70. The molecule has 0 radical (unpaired) electrons. The van der Waals surface area contributed by atoms with Gasteiger partial charge in [-0.25, -0.2) is 0 Å². The maximum atomic E-state index is 5.17. The molecule has 1 aliphatic rings. The molecule has 0 fully saturated rings. The first-order valence-corrected chi connectivity index (χ1v) is 4.70. The third kappa shape index (κ3) is 1.53. The maximum Gasteiger partial charge on any atom is 0.343 e. The summed E-state index contributed by atoms with van der Waals surface area (Å²) in [4.78, 5) is 0. The van der Waals surface area contributed by atoms with Crippen LogP contribution in [0, 0.1) is 0 Å². The molecule has 0 unspecified atom stereocenters. The van der Waals surface area contributed by atoms with Gasteiger partial charge < -0.3 is 0 Å². The van der Waals surface area contributed by atoms with Gasteiger partial charge in [0.2, 0.25) is 0 Å². The Labute approximate surface area is 83.4 Å². The molecule has 0 amide bonds. The molecule has 70 valence electrons. The summed E-state index contributed by atoms with van der Waals surface area (Å²) in [5.41, 5.74) is 1.25. The summed E-state index contributed by atoms with van der Waals surface area (Å²) in [6.45, 7) is 2.05. The molecule has 2 rings (SSSR count). The number of allylic oxidation sites excluding steroid dienone is 1. The van der Waals surface area contributed by atoms with Crippen LogP contribution in [0.5, 0.6) is 0 Å². The largest absolute Gasteiger partial charge is 0.343 e. The lowest BCUT2D eigenvalue weighted by molar-refractivity contribution is -0.417. The molecule has 0 saturated heterocycles. The molecule has 1 aromatic rings. The van der Waals surface area contributed by atoms with Gasteiger partial charge in [-0.05, 0) is 35.1 Å². The van der Waals surface area contributed by atoms with Crippen LogP contribution in [0.3, 0.4) is 0 Å². The molecule has 1 nitrogen and oxygen atoms in total. The smallest absolute Gasteiger partial charge is 0.258 e. The Morgan fingerprint density at radius 2 is 2.07 bits per heavy atom. The Morgan fingerprint density at radius 1 is 1.21 bits per heavy atom. The standard InChI is InChI=1S/C13H13O/c1-3-10-4-5-12-9-13(14-2)7-6-11(12)8-10/h3-9H,1-2H3/q+1/b10-3-. The van der Waals surface area contributed by atoms with E-state index in [1.807, 2.05) is 13.0 Å². The number of hydrogen-bond acceptors (Lipinski definition) is 0. The molecule has 0 spiro atoms. The highest BCUT2D eigenvalue weighted by Gasteiger charge is 2.06. The molecule has 0 bridgehead atoms. The molecule has 1 aromatic carbocycles. The van der Waals surface area contributed by atoms with Gasteiger partial charge in [0.15, 0.2) is 0 Å². The lowest BCUT2D eigenvalue weighted by Crippen LogP contribution is -2.16. The van der Waals surface area contributed by atoms with Crippen molar-refractivity contribution in [3.63, 3.8) is 0 Å². The zero-order chi connectivity index (χ0) is 9.97. The van der Waals surface area contributed by atoms with Gasteiger partial charge in [-0.3, -0.25) is 4.42 Å². The zero-order valence-electron chi connectivity index (χ0n) is 8.45. The van der Waals surface area contributed by atoms with Crippen LogP contribution in [-0.2, 0) is 4.42 Å². The van der Waals surface area contributed by atoms with Gasteiger partial charge >= 0.3 is 5.78 Å². The molecule has 0 heterocycles. The Kier molecular flexibility index (Phi) is 2.32. The zero-order valence-corrected chi connectivity index (χ0v) is 8.45. The van der Waals surface area contributed by atoms with Gasteiger partial charge in [0.05, 0.1) is 0 Å². The molecule has 0 saturated carbocycles. The molecule has 1 heteroatoms. The third-order valence-electron chi connectivity index (χ3n) is 2.40. The molecular formula is C13H13O+. The predicted molar refractivity (Wildman–Crippen MR) is 60.3 cm³/mol. The van der Waals surface area contributed by atoms with Crippen molar-refractivity contribution in [1.82, 2.24) is 0 Å². The average molecular weight is 185 g/mol. The van der Waals surface area contributed by atoms with Crippen LogP contribution in [0.25, 0.3) is 18.2 Å². The van der Waals surface area contributed by atoms with Crippen LogP contribution in [0.15, 0.2) is 24.3 Å². The summed E-state index contributed by atoms with van der Waals surface area (Å²) < 4.78 is 5.17. The lowest BCUT2D eigenvalue weighted by atomic mass is 10.0. The summed E-state index contributed by atoms with van der Waals surface area (Å²) in [7, 11) is 1.69. The summed E-state index contributed by atoms with van der Waals surface area (Å²) in [6.07, 6.45) is 8.22. The fourth-order valence-corrected chi connectivity index (χ4v) is 1.55. The van der Waals surface area contributed by atoms with Crippen LogP contribution < -0.4 is 10.4 Å². The van der Waals surface area contributed by atoms with E-state index in [4.69, 9.17) is 4.42 Å². The Morgan fingerprint density at radius 3 is 2.79 bits per heavy atom. The summed E-state index contributed by atoms with van der Waals surface area (Å²) in [5.74, 6) is 0.908. The van der Waals surface area contributed by atoms with E-state index in [1.54, 1.807) is 7.11 Å². The van der Waals surface area contributed by atoms with Crippen molar-refractivity contribution in [2.45, 2.75) is 6.92 Å². The molecular weight excluding hydrogens is 172 g/mol. The third-order valence-corrected chi connectivity index (χ3v) is 2.40. The lowest BCUT2D eigenvalue weighted by Gasteiger charge is -1.98. The van der Waals surface area contributed by atoms with Gasteiger partial charge in [-0.2, -0.15) is 0 Å². The topological polar surface area (TPSA) is 11.3 Å². The van der Waals surface area contributed by atoms with E-state index < -0.39 is 0 Å². The highest BCUT2D eigenvalue weighted by Crippen LogP contribution is 1.98. The first kappa shape index (κ1) is 8.95. The SMILES string of the molecule is C/C=c1/ccc2c(c1)C=CC(=[O+]C)C=2. The van der Waals surface area contributed by atoms with Crippen molar-refractivity contribution in [3.05, 3.63) is 40.3 Å². The van der Waals surface area contributed by atoms with Crippen molar-refractivity contribution in [1.29, 1.82) is 0 Å². The Bertz CT molecular complexity index is 519. The molecule has 14 heavy (non-hydrogen) atoms. The second-order valence-electron chi connectivity index (χ2n) is 3.26. The minimum atomic E-state index is 0.908. The second kappa shape index (κ2) is 3.62. The number of benzene rings is 1. The van der Waals surface area contributed by atoms with Crippen molar-refractivity contribution >= 4 is 24.0 Å². The molecule has 0 aromatic heterocycles. The Balaban J connectivity index is 2.69. The van der Waals surface area contributed by atoms with Crippen molar-refractivity contribution < 1.29 is 4.42 Å². The van der Waals surface area contributed by atoms with E-state index in [0.717, 1.165) is 5.78 Å². The molecule has 1 aliphatic carbocycles. The van der Waals surface area contributed by atoms with E-state index in [9.17, 15) is 0 Å². The second-order valence-corrected chi connectivity index (χ2v) is 3.26. The molecule has 0 aliphatic heterocycles. The highest BCUT2D eigenvalue weighted by molar-refractivity contribution is 6.17. The van der Waals surface area contributed by atoms with Crippen LogP contribution in [0.1, 0.15) is 12.5 Å². The van der Waals surface area contributed by atoms with Crippen LogP contribution in [-0.4, -0.2) is 12.9 Å². The minimum absolute atomic E-state index is 0.908. The van der Waals surface area contributed by atoms with E-state index in [-0.39, 0.29) is 0 Å². The van der Waals surface area contributed by atoms with Gasteiger partial charge in [-0.15, -0.1) is 0 Å². The van der Waals surface area contributed by atoms with E-state index >= 15 is 0 Å². The quantitative estimate of drug-likeness (QED) is 0.535. The van der Waals surface area contributed by atoms with Crippen LogP contribution in [0.2, 0.25) is 0 Å². The van der Waals surface area contributed by atoms with Crippen molar-refractivity contribution in [3.8, 4) is 0 Å². The normalized spacial score (nSPS) is 18.1. The highest BCUT2D eigenvalue weighted by atomic mass is 16.4. The number of hydrogen-bond donors (Lipinski definition) is 0. The van der Waals surface area contributed by atoms with Crippen molar-refractivity contribution in [2.75, 3.05) is 7.11 Å². The first-order chi connectivity index (χ1) is 6.83. The van der Waals surface area contributed by atoms with E-state index in [1.165, 1.54) is 16.0 Å². The fourth-order valence-electron chi connectivity index (χ4n) is 1.55. The van der Waals surface area contributed by atoms with Crippen LogP contribution in [0.4, 0.5) is 0 Å². The molecule has 0 atom stereocenters. The van der Waals surface area contributed by atoms with E-state index in [2.05, 4.69) is 36.4 Å². The summed E-state index contributed by atoms with van der Waals surface area (Å²) in [6, 6.07) is 6.41. The summed E-state index contributed by atoms with van der Waals surface area (Å²) in [5, 5.41) is 2.47. The summed E-state index contributed by atoms with van der Waals surface area (Å²) >= 11 is 0. The fraction of sp³-hybridized carbons (Fsp3) is 0.154. The number of carbonyl (C=O) groups excluding carboxylic acids is 1. The predicted octanol–water partition coefficient (Wildman–Crippen LogP) is 1.03. The monoisotopic (exact) mass is 185 g/mol. The Hall–Kier alpha value is -1.63. The van der Waals surface area contributed by atoms with Gasteiger partial charge in [0.25, 0.3) is 7.11 Å². The van der Waals surface area contributed by atoms with Gasteiger partial charge in [0.1, 0.15) is 0 Å². The minimum Gasteiger partial charge on any atom is -0.258 e. The van der Waals surface area contributed by atoms with Gasteiger partial charge in [0, 0.05) is 12.2 Å². The average Bonchev–Trinajstić information content (AvgIpc) is 2.27. The van der Waals surface area contributed by atoms with Crippen molar-refractivity contribution in [2.24, 2.45) is 0 Å². The maximum absolute atomic E-state index is 5.17. The van der Waals surface area contributed by atoms with E-state index in [0.29, 0.717) is 0 Å². The number of rotatable bonds is 0. The number of ketones is 1. The molecule has 0 N–H and O–H groups in total. The number of fused-ring (bicyclic) bond motifs is 1.